The molecule has 2 heterocycles. The summed E-state index contributed by atoms with van der Waals surface area (Å²) >= 11 is 0. The lowest BCUT2D eigenvalue weighted by Gasteiger charge is -2.04. The van der Waals surface area contributed by atoms with Crippen molar-refractivity contribution in [1.82, 2.24) is 15.0 Å². The molecule has 0 aliphatic carbocycles. The van der Waals surface area contributed by atoms with Gasteiger partial charge in [0.25, 0.3) is 5.56 Å². The number of hydrogen-bond acceptors (Lipinski definition) is 6. The summed E-state index contributed by atoms with van der Waals surface area (Å²) in [5, 5.41) is 19.7. The van der Waals surface area contributed by atoms with Crippen LogP contribution in [0.3, 0.4) is 0 Å². The molecule has 0 spiro atoms. The van der Waals surface area contributed by atoms with Crippen molar-refractivity contribution in [1.29, 1.82) is 10.5 Å². The van der Waals surface area contributed by atoms with Crippen LogP contribution in [-0.4, -0.2) is 15.0 Å². The van der Waals surface area contributed by atoms with Gasteiger partial charge in [0.1, 0.15) is 11.6 Å². The molecule has 2 aromatic heterocycles. The van der Waals surface area contributed by atoms with E-state index in [1.807, 2.05) is 0 Å². The van der Waals surface area contributed by atoms with Crippen LogP contribution >= 0.6 is 0 Å². The Kier molecular flexibility index (Phi) is 2.99. The Bertz CT molecular complexity index is 707. The van der Waals surface area contributed by atoms with Gasteiger partial charge in [-0.15, -0.1) is 0 Å². The molecule has 2 N–H and O–H groups in total. The van der Waals surface area contributed by atoms with E-state index in [1.54, 1.807) is 24.4 Å². The number of nitrogens with zero attached hydrogens (tertiary/aromatic N) is 4. The molecule has 0 bridgehead atoms. The van der Waals surface area contributed by atoms with Gasteiger partial charge < -0.3 is 0 Å². The Morgan fingerprint density at radius 3 is 2.61 bits per heavy atom. The molecule has 0 unspecified atom stereocenters. The largest absolute Gasteiger partial charge is 0.291 e. The molecule has 0 aliphatic heterocycles. The Hall–Kier alpha value is -3.19. The molecule has 0 saturated carbocycles. The standard InChI is InChI=1S/C11H6N6O/c12-5-8-9(7-1-3-14-4-2-7)16-11(15-6-13)17-10(8)18/h1-4H,(H2,15,16,17,18). The lowest BCUT2D eigenvalue weighted by Crippen LogP contribution is -2.16. The molecule has 0 atom stereocenters. The first-order valence-corrected chi connectivity index (χ1v) is 4.86. The summed E-state index contributed by atoms with van der Waals surface area (Å²) in [4.78, 5) is 21.8. The number of H-pyrrole nitrogens is 1. The van der Waals surface area contributed by atoms with Gasteiger partial charge in [0.2, 0.25) is 5.95 Å². The first-order valence-electron chi connectivity index (χ1n) is 4.86. The monoisotopic (exact) mass is 238 g/mol. The maximum atomic E-state index is 11.7. The van der Waals surface area contributed by atoms with E-state index >= 15 is 0 Å². The lowest BCUT2D eigenvalue weighted by molar-refractivity contribution is 1.11. The van der Waals surface area contributed by atoms with Gasteiger partial charge in [-0.2, -0.15) is 10.5 Å². The highest BCUT2D eigenvalue weighted by atomic mass is 16.1. The normalized spacial score (nSPS) is 9.22. The number of nitriles is 2. The van der Waals surface area contributed by atoms with Crippen molar-refractivity contribution >= 4 is 5.95 Å². The van der Waals surface area contributed by atoms with Crippen molar-refractivity contribution in [3.05, 3.63) is 40.4 Å². The summed E-state index contributed by atoms with van der Waals surface area (Å²) < 4.78 is 0. The molecular formula is C11H6N6O. The molecule has 0 saturated heterocycles. The molecule has 7 nitrogen and oxygen atoms in total. The number of nitrogens with one attached hydrogen (secondary N) is 2. The number of pyridine rings is 1. The summed E-state index contributed by atoms with van der Waals surface area (Å²) in [6.07, 6.45) is 4.70. The Morgan fingerprint density at radius 2 is 2.00 bits per heavy atom. The van der Waals surface area contributed by atoms with Crippen molar-refractivity contribution in [3.8, 4) is 23.5 Å². The molecular weight excluding hydrogens is 232 g/mol. The quantitative estimate of drug-likeness (QED) is 0.584. The average molecular weight is 238 g/mol. The van der Waals surface area contributed by atoms with Crippen LogP contribution in [0.15, 0.2) is 29.3 Å². The third kappa shape index (κ3) is 2.01. The summed E-state index contributed by atoms with van der Waals surface area (Å²) in [5.41, 5.74) is 0.0804. The molecule has 86 valence electrons. The third-order valence-corrected chi connectivity index (χ3v) is 2.16. The summed E-state index contributed by atoms with van der Waals surface area (Å²) in [6.45, 7) is 0. The Balaban J connectivity index is 2.70. The Morgan fingerprint density at radius 1 is 1.28 bits per heavy atom. The van der Waals surface area contributed by atoms with Crippen LogP contribution in [0.2, 0.25) is 0 Å². The van der Waals surface area contributed by atoms with E-state index in [9.17, 15) is 4.79 Å². The molecule has 0 aromatic carbocycles. The average Bonchev–Trinajstić information content (AvgIpc) is 2.39. The molecule has 0 amide bonds. The predicted octanol–water partition coefficient (Wildman–Crippen LogP) is 0.597. The van der Waals surface area contributed by atoms with Crippen molar-refractivity contribution in [2.24, 2.45) is 0 Å². The second-order valence-corrected chi connectivity index (χ2v) is 3.22. The van der Waals surface area contributed by atoms with E-state index in [1.165, 1.54) is 12.4 Å². The number of aromatic amines is 1. The van der Waals surface area contributed by atoms with Crippen LogP contribution in [0, 0.1) is 22.8 Å². The first kappa shape index (κ1) is 11.3. The highest BCUT2D eigenvalue weighted by Gasteiger charge is 2.12. The molecule has 0 fully saturated rings. The van der Waals surface area contributed by atoms with E-state index in [2.05, 4.69) is 20.3 Å². The van der Waals surface area contributed by atoms with Gasteiger partial charge in [-0.3, -0.25) is 20.1 Å². The zero-order chi connectivity index (χ0) is 13.0. The van der Waals surface area contributed by atoms with Crippen LogP contribution in [0.5, 0.6) is 0 Å². The Labute approximate surface area is 101 Å². The van der Waals surface area contributed by atoms with Crippen LogP contribution in [-0.2, 0) is 0 Å². The van der Waals surface area contributed by atoms with Crippen LogP contribution < -0.4 is 10.9 Å². The molecule has 7 heteroatoms. The molecule has 18 heavy (non-hydrogen) atoms. The van der Waals surface area contributed by atoms with Gasteiger partial charge in [0.15, 0.2) is 6.19 Å². The summed E-state index contributed by atoms with van der Waals surface area (Å²) in [5.74, 6) is -0.00619. The van der Waals surface area contributed by atoms with Crippen LogP contribution in [0.1, 0.15) is 5.56 Å². The van der Waals surface area contributed by atoms with Gasteiger partial charge in [-0.05, 0) is 12.1 Å². The van der Waals surface area contributed by atoms with E-state index in [4.69, 9.17) is 10.5 Å². The zero-order valence-corrected chi connectivity index (χ0v) is 9.01. The predicted molar refractivity (Wildman–Crippen MR) is 62.0 cm³/mol. The van der Waals surface area contributed by atoms with Gasteiger partial charge >= 0.3 is 0 Å². The van der Waals surface area contributed by atoms with E-state index in [-0.39, 0.29) is 17.2 Å². The van der Waals surface area contributed by atoms with Gasteiger partial charge in [0.05, 0.1) is 5.69 Å². The maximum absolute atomic E-state index is 11.7. The van der Waals surface area contributed by atoms with E-state index < -0.39 is 5.56 Å². The van der Waals surface area contributed by atoms with E-state index in [0.29, 0.717) is 5.56 Å². The minimum atomic E-state index is -0.600. The van der Waals surface area contributed by atoms with Crippen LogP contribution in [0.4, 0.5) is 5.95 Å². The summed E-state index contributed by atoms with van der Waals surface area (Å²) in [6, 6.07) is 5.04. The molecule has 0 radical (unpaired) electrons. The van der Waals surface area contributed by atoms with Crippen molar-refractivity contribution in [3.63, 3.8) is 0 Å². The smallest absolute Gasteiger partial charge is 0.270 e. The second-order valence-electron chi connectivity index (χ2n) is 3.22. The maximum Gasteiger partial charge on any atom is 0.270 e. The lowest BCUT2D eigenvalue weighted by atomic mass is 10.1. The molecule has 2 rings (SSSR count). The molecule has 0 aliphatic rings. The fraction of sp³-hybridized carbons (Fsp3) is 0. The minimum Gasteiger partial charge on any atom is -0.291 e. The van der Waals surface area contributed by atoms with E-state index in [0.717, 1.165) is 0 Å². The number of rotatable bonds is 2. The first-order chi connectivity index (χ1) is 8.76. The SMILES string of the molecule is N#CNc1nc(-c2ccncc2)c(C#N)c(=O)[nH]1. The minimum absolute atomic E-state index is 0.00619. The zero-order valence-electron chi connectivity index (χ0n) is 9.01. The fourth-order valence-electron chi connectivity index (χ4n) is 1.41. The van der Waals surface area contributed by atoms with Crippen molar-refractivity contribution < 1.29 is 0 Å². The van der Waals surface area contributed by atoms with Crippen molar-refractivity contribution in [2.45, 2.75) is 0 Å². The molecule has 2 aromatic rings. The summed E-state index contributed by atoms with van der Waals surface area (Å²) in [7, 11) is 0. The van der Waals surface area contributed by atoms with Gasteiger partial charge in [0, 0.05) is 18.0 Å². The number of anilines is 1. The number of aromatic nitrogens is 3. The highest BCUT2D eigenvalue weighted by Crippen LogP contribution is 2.18. The van der Waals surface area contributed by atoms with Crippen molar-refractivity contribution in [2.75, 3.05) is 5.32 Å². The van der Waals surface area contributed by atoms with Gasteiger partial charge in [-0.25, -0.2) is 4.98 Å². The third-order valence-electron chi connectivity index (χ3n) is 2.16. The topological polar surface area (TPSA) is 118 Å². The highest BCUT2D eigenvalue weighted by molar-refractivity contribution is 5.66. The van der Waals surface area contributed by atoms with Gasteiger partial charge in [-0.1, -0.05) is 0 Å². The second kappa shape index (κ2) is 4.76. The number of hydrogen-bond donors (Lipinski definition) is 2. The van der Waals surface area contributed by atoms with Crippen LogP contribution in [0.25, 0.3) is 11.3 Å². The fourth-order valence-corrected chi connectivity index (χ4v) is 1.41.